The molecule has 168 valence electrons. The highest BCUT2D eigenvalue weighted by Gasteiger charge is 2.40. The number of benzene rings is 1. The van der Waals surface area contributed by atoms with E-state index in [1.165, 1.54) is 49.7 Å². The molecule has 3 fully saturated rings. The number of hydrogen-bond donors (Lipinski definition) is 0. The van der Waals surface area contributed by atoms with E-state index in [4.69, 9.17) is 0 Å². The molecule has 1 aromatic rings. The van der Waals surface area contributed by atoms with Crippen LogP contribution in [0.2, 0.25) is 0 Å². The van der Waals surface area contributed by atoms with E-state index in [1.54, 1.807) is 0 Å². The fourth-order valence-corrected chi connectivity index (χ4v) is 6.45. The molecule has 2 aliphatic carbocycles. The Bertz CT molecular complexity index is 790. The van der Waals surface area contributed by atoms with E-state index in [9.17, 15) is 9.59 Å². The normalized spacial score (nSPS) is 24.4. The molecule has 2 aliphatic heterocycles. The molecule has 2 amide bonds. The van der Waals surface area contributed by atoms with E-state index in [1.807, 2.05) is 0 Å². The number of nitrogens with zero attached hydrogens (tertiary/aromatic N) is 3. The van der Waals surface area contributed by atoms with Crippen molar-refractivity contribution >= 4 is 11.8 Å². The molecule has 1 unspecified atom stereocenters. The van der Waals surface area contributed by atoms with Crippen LogP contribution in [-0.4, -0.2) is 65.3 Å². The molecular weight excluding hydrogens is 386 g/mol. The van der Waals surface area contributed by atoms with E-state index in [0.29, 0.717) is 17.7 Å². The maximum atomic E-state index is 13.8. The van der Waals surface area contributed by atoms with E-state index in [-0.39, 0.29) is 12.0 Å². The van der Waals surface area contributed by atoms with Gasteiger partial charge in [-0.1, -0.05) is 49.9 Å². The second-order valence-corrected chi connectivity index (χ2v) is 10.1. The number of amides is 2. The SMILES string of the molecule is O=C(C1CCCC1)N1CCN(C(C(=O)N2CCc3ccccc3C2)C2CCCC2)CC1. The summed E-state index contributed by atoms with van der Waals surface area (Å²) in [6, 6.07) is 8.56. The van der Waals surface area contributed by atoms with Crippen molar-refractivity contribution in [2.75, 3.05) is 32.7 Å². The summed E-state index contributed by atoms with van der Waals surface area (Å²) in [7, 11) is 0. The zero-order valence-corrected chi connectivity index (χ0v) is 18.8. The Kier molecular flexibility index (Phi) is 6.31. The summed E-state index contributed by atoms with van der Waals surface area (Å²) in [5.74, 6) is 1.43. The summed E-state index contributed by atoms with van der Waals surface area (Å²) in [4.78, 5) is 33.3. The average molecular weight is 424 g/mol. The van der Waals surface area contributed by atoms with E-state index < -0.39 is 0 Å². The Balaban J connectivity index is 1.26. The second-order valence-electron chi connectivity index (χ2n) is 10.1. The van der Waals surface area contributed by atoms with Gasteiger partial charge in [0.25, 0.3) is 0 Å². The Morgan fingerprint density at radius 1 is 0.774 bits per heavy atom. The molecule has 0 N–H and O–H groups in total. The molecule has 2 heterocycles. The lowest BCUT2D eigenvalue weighted by atomic mass is 9.92. The van der Waals surface area contributed by atoms with Crippen LogP contribution in [0.3, 0.4) is 0 Å². The molecule has 31 heavy (non-hydrogen) atoms. The molecule has 4 aliphatic rings. The summed E-state index contributed by atoms with van der Waals surface area (Å²) >= 11 is 0. The first-order chi connectivity index (χ1) is 15.2. The Hall–Kier alpha value is -1.88. The third-order valence-electron chi connectivity index (χ3n) is 8.27. The topological polar surface area (TPSA) is 43.9 Å². The van der Waals surface area contributed by atoms with Crippen LogP contribution in [0.15, 0.2) is 24.3 Å². The fourth-order valence-electron chi connectivity index (χ4n) is 6.45. The molecule has 5 rings (SSSR count). The van der Waals surface area contributed by atoms with Crippen molar-refractivity contribution in [1.29, 1.82) is 0 Å². The molecule has 0 bridgehead atoms. The van der Waals surface area contributed by atoms with Gasteiger partial charge in [0.1, 0.15) is 0 Å². The van der Waals surface area contributed by atoms with Crippen molar-refractivity contribution in [2.24, 2.45) is 11.8 Å². The quantitative estimate of drug-likeness (QED) is 0.745. The number of fused-ring (bicyclic) bond motifs is 1. The van der Waals surface area contributed by atoms with Gasteiger partial charge in [-0.15, -0.1) is 0 Å². The molecule has 0 radical (unpaired) electrons. The number of carbonyl (C=O) groups excluding carboxylic acids is 2. The zero-order valence-electron chi connectivity index (χ0n) is 18.8. The maximum absolute atomic E-state index is 13.8. The predicted molar refractivity (Wildman–Crippen MR) is 121 cm³/mol. The minimum Gasteiger partial charge on any atom is -0.340 e. The molecule has 0 aromatic heterocycles. The number of piperazine rings is 1. The Morgan fingerprint density at radius 3 is 2.13 bits per heavy atom. The fraction of sp³-hybridized carbons (Fsp3) is 0.692. The van der Waals surface area contributed by atoms with Crippen LogP contribution in [0.5, 0.6) is 0 Å². The van der Waals surface area contributed by atoms with Crippen molar-refractivity contribution in [3.63, 3.8) is 0 Å². The Morgan fingerprint density at radius 2 is 1.42 bits per heavy atom. The van der Waals surface area contributed by atoms with Gasteiger partial charge in [-0.05, 0) is 49.1 Å². The maximum Gasteiger partial charge on any atom is 0.240 e. The van der Waals surface area contributed by atoms with Crippen molar-refractivity contribution in [3.8, 4) is 0 Å². The molecule has 1 saturated heterocycles. The minimum atomic E-state index is -0.00325. The molecule has 5 heteroatoms. The molecule has 1 aromatic carbocycles. The van der Waals surface area contributed by atoms with Gasteiger partial charge in [-0.2, -0.15) is 0 Å². The minimum absolute atomic E-state index is 0.00325. The number of carbonyl (C=O) groups is 2. The first-order valence-electron chi connectivity index (χ1n) is 12.6. The predicted octanol–water partition coefficient (Wildman–Crippen LogP) is 3.46. The van der Waals surface area contributed by atoms with Crippen LogP contribution in [0.25, 0.3) is 0 Å². The van der Waals surface area contributed by atoms with Crippen LogP contribution in [-0.2, 0) is 22.6 Å². The smallest absolute Gasteiger partial charge is 0.240 e. The highest BCUT2D eigenvalue weighted by Crippen LogP contribution is 2.33. The monoisotopic (exact) mass is 423 g/mol. The van der Waals surface area contributed by atoms with Crippen LogP contribution >= 0.6 is 0 Å². The van der Waals surface area contributed by atoms with Crippen LogP contribution in [0, 0.1) is 11.8 Å². The van der Waals surface area contributed by atoms with E-state index in [2.05, 4.69) is 39.0 Å². The van der Waals surface area contributed by atoms with Gasteiger partial charge in [-0.25, -0.2) is 0 Å². The third kappa shape index (κ3) is 4.39. The second kappa shape index (κ2) is 9.32. The average Bonchev–Trinajstić information content (AvgIpc) is 3.54. The molecule has 2 saturated carbocycles. The third-order valence-corrected chi connectivity index (χ3v) is 8.27. The van der Waals surface area contributed by atoms with Gasteiger partial charge < -0.3 is 9.80 Å². The van der Waals surface area contributed by atoms with Gasteiger partial charge in [0.2, 0.25) is 11.8 Å². The van der Waals surface area contributed by atoms with Gasteiger partial charge in [0.05, 0.1) is 6.04 Å². The van der Waals surface area contributed by atoms with Crippen LogP contribution in [0.4, 0.5) is 0 Å². The first kappa shape index (κ1) is 21.0. The van der Waals surface area contributed by atoms with Crippen molar-refractivity contribution in [2.45, 2.75) is 70.4 Å². The van der Waals surface area contributed by atoms with Crippen LogP contribution < -0.4 is 0 Å². The zero-order chi connectivity index (χ0) is 21.2. The molecular formula is C26H37N3O2. The van der Waals surface area contributed by atoms with Crippen molar-refractivity contribution < 1.29 is 9.59 Å². The van der Waals surface area contributed by atoms with Crippen molar-refractivity contribution in [1.82, 2.24) is 14.7 Å². The van der Waals surface area contributed by atoms with Crippen LogP contribution in [0.1, 0.15) is 62.5 Å². The van der Waals surface area contributed by atoms with E-state index >= 15 is 0 Å². The van der Waals surface area contributed by atoms with Gasteiger partial charge in [0.15, 0.2) is 0 Å². The van der Waals surface area contributed by atoms with Gasteiger partial charge in [0, 0.05) is 45.2 Å². The first-order valence-corrected chi connectivity index (χ1v) is 12.6. The molecule has 5 nitrogen and oxygen atoms in total. The van der Waals surface area contributed by atoms with E-state index in [0.717, 1.165) is 58.5 Å². The summed E-state index contributed by atoms with van der Waals surface area (Å²) in [6.07, 6.45) is 10.3. The lowest BCUT2D eigenvalue weighted by molar-refractivity contribution is -0.143. The highest BCUT2D eigenvalue weighted by molar-refractivity contribution is 5.83. The summed E-state index contributed by atoms with van der Waals surface area (Å²) in [6.45, 7) is 4.84. The summed E-state index contributed by atoms with van der Waals surface area (Å²) < 4.78 is 0. The number of rotatable bonds is 4. The summed E-state index contributed by atoms with van der Waals surface area (Å²) in [5, 5.41) is 0. The van der Waals surface area contributed by atoms with Gasteiger partial charge >= 0.3 is 0 Å². The van der Waals surface area contributed by atoms with Crippen molar-refractivity contribution in [3.05, 3.63) is 35.4 Å². The summed E-state index contributed by atoms with van der Waals surface area (Å²) in [5.41, 5.74) is 2.70. The highest BCUT2D eigenvalue weighted by atomic mass is 16.2. The lowest BCUT2D eigenvalue weighted by Crippen LogP contribution is -2.59. The molecule has 0 spiro atoms. The molecule has 1 atom stereocenters. The van der Waals surface area contributed by atoms with Gasteiger partial charge in [-0.3, -0.25) is 14.5 Å². The largest absolute Gasteiger partial charge is 0.340 e. The lowest BCUT2D eigenvalue weighted by Gasteiger charge is -2.43. The number of hydrogen-bond acceptors (Lipinski definition) is 3. The standard InChI is InChI=1S/C26H37N3O2/c30-25(22-10-4-5-11-22)28-17-15-27(16-18-28)24(21-8-2-3-9-21)26(31)29-14-13-20-7-1-6-12-23(20)19-29/h1,6-7,12,21-22,24H,2-5,8-11,13-19H2. The Labute approximate surface area is 186 Å².